The van der Waals surface area contributed by atoms with Gasteiger partial charge >= 0.3 is 0 Å². The molecule has 2 N–H and O–H groups in total. The molecule has 0 heterocycles. The lowest BCUT2D eigenvalue weighted by atomic mass is 10.2. The van der Waals surface area contributed by atoms with Crippen LogP contribution in [0, 0.1) is 17.1 Å². The van der Waals surface area contributed by atoms with Gasteiger partial charge in [-0.05, 0) is 30.3 Å². The summed E-state index contributed by atoms with van der Waals surface area (Å²) in [5.74, 6) is -0.220. The Morgan fingerprint density at radius 1 is 1.15 bits per heavy atom. The van der Waals surface area contributed by atoms with Gasteiger partial charge in [0.05, 0.1) is 19.2 Å². The van der Waals surface area contributed by atoms with E-state index in [1.54, 1.807) is 24.3 Å². The first kappa shape index (κ1) is 19.1. The van der Waals surface area contributed by atoms with E-state index in [1.165, 1.54) is 32.6 Å². The fourth-order valence-corrected chi connectivity index (χ4v) is 2.18. The number of nitrogens with one attached hydrogen (secondary N) is 2. The molecule has 26 heavy (non-hydrogen) atoms. The first-order valence-corrected chi connectivity index (χ1v) is 7.71. The molecule has 0 radical (unpaired) electrons. The van der Waals surface area contributed by atoms with E-state index in [2.05, 4.69) is 10.6 Å². The lowest BCUT2D eigenvalue weighted by Crippen LogP contribution is -2.14. The molecule has 0 aliphatic heterocycles. The third-order valence-electron chi connectivity index (χ3n) is 3.31. The normalized spacial score (nSPS) is 10.7. The number of amides is 1. The predicted molar refractivity (Wildman–Crippen MR) is 96.9 cm³/mol. The Labute approximate surface area is 154 Å². The quantitative estimate of drug-likeness (QED) is 0.590. The van der Waals surface area contributed by atoms with E-state index in [4.69, 9.17) is 21.1 Å². The monoisotopic (exact) mass is 375 g/mol. The van der Waals surface area contributed by atoms with Crippen molar-refractivity contribution in [3.8, 4) is 17.6 Å². The molecule has 0 spiro atoms. The molecule has 0 aliphatic carbocycles. The summed E-state index contributed by atoms with van der Waals surface area (Å²) in [6.45, 7) is 0. The zero-order chi connectivity index (χ0) is 19.1. The van der Waals surface area contributed by atoms with Crippen LogP contribution in [0.15, 0.2) is 48.2 Å². The number of methoxy groups -OCH3 is 2. The lowest BCUT2D eigenvalue weighted by molar-refractivity contribution is -0.112. The van der Waals surface area contributed by atoms with Gasteiger partial charge in [-0.15, -0.1) is 0 Å². The second kappa shape index (κ2) is 8.74. The number of hydrogen-bond acceptors (Lipinski definition) is 5. The van der Waals surface area contributed by atoms with Crippen molar-refractivity contribution in [2.75, 3.05) is 24.9 Å². The summed E-state index contributed by atoms with van der Waals surface area (Å²) in [5, 5.41) is 14.4. The van der Waals surface area contributed by atoms with E-state index in [1.807, 2.05) is 0 Å². The molecule has 0 aliphatic rings. The predicted octanol–water partition coefficient (Wildman–Crippen LogP) is 3.95. The maximum absolute atomic E-state index is 13.1. The fourth-order valence-electron chi connectivity index (χ4n) is 2.00. The van der Waals surface area contributed by atoms with Gasteiger partial charge in [-0.2, -0.15) is 5.26 Å². The van der Waals surface area contributed by atoms with Crippen molar-refractivity contribution in [3.05, 3.63) is 59.0 Å². The average Bonchev–Trinajstić information content (AvgIpc) is 2.65. The van der Waals surface area contributed by atoms with Gasteiger partial charge in [-0.25, -0.2) is 4.39 Å². The molecule has 8 heteroatoms. The number of benzene rings is 2. The minimum atomic E-state index is -0.664. The van der Waals surface area contributed by atoms with E-state index >= 15 is 0 Å². The minimum absolute atomic E-state index is 0.131. The van der Waals surface area contributed by atoms with Crippen molar-refractivity contribution in [1.82, 2.24) is 0 Å². The third-order valence-corrected chi connectivity index (χ3v) is 3.60. The average molecular weight is 376 g/mol. The van der Waals surface area contributed by atoms with Crippen molar-refractivity contribution in [3.63, 3.8) is 0 Å². The van der Waals surface area contributed by atoms with E-state index in [0.29, 0.717) is 17.2 Å². The van der Waals surface area contributed by atoms with Crippen LogP contribution in [-0.4, -0.2) is 20.1 Å². The van der Waals surface area contributed by atoms with Crippen LogP contribution in [0.1, 0.15) is 0 Å². The highest BCUT2D eigenvalue weighted by Crippen LogP contribution is 2.29. The number of ether oxygens (including phenoxy) is 2. The number of hydrogen-bond donors (Lipinski definition) is 2. The molecule has 0 aromatic heterocycles. The molecule has 2 rings (SSSR count). The van der Waals surface area contributed by atoms with Crippen LogP contribution >= 0.6 is 11.6 Å². The van der Waals surface area contributed by atoms with E-state index < -0.39 is 11.7 Å². The smallest absolute Gasteiger partial charge is 0.267 e. The molecule has 0 fully saturated rings. The van der Waals surface area contributed by atoms with Crippen LogP contribution in [0.2, 0.25) is 5.02 Å². The van der Waals surface area contributed by atoms with Crippen LogP contribution in [0.3, 0.4) is 0 Å². The Hall–Kier alpha value is -3.24. The highest BCUT2D eigenvalue weighted by Gasteiger charge is 2.11. The molecule has 0 atom stereocenters. The molecule has 134 valence electrons. The highest BCUT2D eigenvalue weighted by atomic mass is 35.5. The Kier molecular flexibility index (Phi) is 6.42. The zero-order valence-corrected chi connectivity index (χ0v) is 14.7. The van der Waals surface area contributed by atoms with Crippen LogP contribution in [0.5, 0.6) is 11.5 Å². The summed E-state index contributed by atoms with van der Waals surface area (Å²) in [6.07, 6.45) is 1.25. The second-order valence-corrected chi connectivity index (χ2v) is 5.37. The van der Waals surface area contributed by atoms with Gasteiger partial charge in [0.25, 0.3) is 5.91 Å². The Bertz CT molecular complexity index is 894. The Morgan fingerprint density at radius 3 is 2.46 bits per heavy atom. The molecule has 0 saturated heterocycles. The minimum Gasteiger partial charge on any atom is -0.493 e. The first-order chi connectivity index (χ1) is 12.5. The zero-order valence-electron chi connectivity index (χ0n) is 14.0. The molecular weight excluding hydrogens is 361 g/mol. The van der Waals surface area contributed by atoms with Crippen molar-refractivity contribution in [1.29, 1.82) is 5.26 Å². The van der Waals surface area contributed by atoms with E-state index in [9.17, 15) is 14.4 Å². The summed E-state index contributed by atoms with van der Waals surface area (Å²) in [7, 11) is 3.02. The second-order valence-electron chi connectivity index (χ2n) is 4.97. The van der Waals surface area contributed by atoms with E-state index in [0.717, 1.165) is 6.07 Å². The standard InChI is InChI=1S/C18H15ClFN3O3/c1-25-16-6-4-12(8-17(16)26-2)22-10-11(9-21)18(24)23-13-3-5-15(20)14(19)7-13/h3-8,10,22H,1-2H3,(H,23,24)/b11-10+. The number of nitriles is 1. The van der Waals surface area contributed by atoms with Crippen LogP contribution < -0.4 is 20.1 Å². The molecule has 0 saturated carbocycles. The van der Waals surface area contributed by atoms with Crippen LogP contribution in [-0.2, 0) is 4.79 Å². The van der Waals surface area contributed by atoms with Gasteiger partial charge < -0.3 is 20.1 Å². The van der Waals surface area contributed by atoms with Crippen LogP contribution in [0.4, 0.5) is 15.8 Å². The van der Waals surface area contributed by atoms with Gasteiger partial charge in [-0.3, -0.25) is 4.79 Å². The molecule has 2 aromatic rings. The first-order valence-electron chi connectivity index (χ1n) is 7.33. The molecule has 1 amide bonds. The lowest BCUT2D eigenvalue weighted by Gasteiger charge is -2.10. The summed E-state index contributed by atoms with van der Waals surface area (Å²) in [5.41, 5.74) is 0.682. The molecule has 2 aromatic carbocycles. The Balaban J connectivity index is 2.13. The van der Waals surface area contributed by atoms with Gasteiger partial charge in [0.2, 0.25) is 0 Å². The number of anilines is 2. The molecular formula is C18H15ClFN3O3. The van der Waals surface area contributed by atoms with Crippen molar-refractivity contribution in [2.45, 2.75) is 0 Å². The fraction of sp³-hybridized carbons (Fsp3) is 0.111. The maximum Gasteiger partial charge on any atom is 0.267 e. The van der Waals surface area contributed by atoms with Gasteiger partial charge in [-0.1, -0.05) is 11.6 Å². The summed E-state index contributed by atoms with van der Waals surface area (Å²) >= 11 is 5.66. The maximum atomic E-state index is 13.1. The summed E-state index contributed by atoms with van der Waals surface area (Å²) in [4.78, 5) is 12.2. The number of rotatable bonds is 6. The van der Waals surface area contributed by atoms with Crippen molar-refractivity contribution >= 4 is 28.9 Å². The SMILES string of the molecule is COc1ccc(N/C=C(\C#N)C(=O)Nc2ccc(F)c(Cl)c2)cc1OC. The van der Waals surface area contributed by atoms with Crippen molar-refractivity contribution < 1.29 is 18.7 Å². The Morgan fingerprint density at radius 2 is 1.85 bits per heavy atom. The third kappa shape index (κ3) is 4.65. The number of nitrogens with zero attached hydrogens (tertiary/aromatic N) is 1. The highest BCUT2D eigenvalue weighted by molar-refractivity contribution is 6.31. The summed E-state index contributed by atoms with van der Waals surface area (Å²) in [6, 6.07) is 10.5. The summed E-state index contributed by atoms with van der Waals surface area (Å²) < 4.78 is 23.5. The van der Waals surface area contributed by atoms with Gasteiger partial charge in [0, 0.05) is 23.6 Å². The number of carbonyl (C=O) groups excluding carboxylic acids is 1. The van der Waals surface area contributed by atoms with Gasteiger partial charge in [0.15, 0.2) is 11.5 Å². The molecule has 0 bridgehead atoms. The van der Waals surface area contributed by atoms with Crippen LogP contribution in [0.25, 0.3) is 0 Å². The topological polar surface area (TPSA) is 83.4 Å². The molecule has 6 nitrogen and oxygen atoms in total. The number of halogens is 2. The van der Waals surface area contributed by atoms with E-state index in [-0.39, 0.29) is 16.3 Å². The van der Waals surface area contributed by atoms with Gasteiger partial charge in [0.1, 0.15) is 17.5 Å². The largest absolute Gasteiger partial charge is 0.493 e. The van der Waals surface area contributed by atoms with Crippen molar-refractivity contribution in [2.24, 2.45) is 0 Å². The number of carbonyl (C=O) groups is 1. The molecule has 0 unspecified atom stereocenters.